The topological polar surface area (TPSA) is 20.2 Å². The molecule has 1 N–H and O–H groups in total. The van der Waals surface area contributed by atoms with E-state index in [0.29, 0.717) is 16.7 Å². The Morgan fingerprint density at radius 2 is 1.85 bits per heavy atom. The SMILES string of the molecule is C=C1C[C@@]23CC[C@H]4[C@@](C)(CCC[C@]4(C)O)[C@@H]2CC[C@@H]1C3. The molecule has 112 valence electrons. The molecule has 1 nitrogen and oxygen atoms in total. The second-order valence-electron chi connectivity index (χ2n) is 9.04. The molecule has 4 aliphatic carbocycles. The summed E-state index contributed by atoms with van der Waals surface area (Å²) in [5, 5.41) is 10.9. The molecule has 4 saturated carbocycles. The minimum atomic E-state index is -0.416. The standard InChI is InChI=1S/C19H30O/c1-13-11-19-10-7-15-17(2,8-4-9-18(15,3)20)16(19)6-5-14(13)12-19/h14-16,20H,1,4-12H2,2-3H3/t14-,15+,16+,17-,18+,19-/m1/s1. The third kappa shape index (κ3) is 1.54. The molecule has 6 atom stereocenters. The van der Waals surface area contributed by atoms with Gasteiger partial charge in [-0.25, -0.2) is 0 Å². The van der Waals surface area contributed by atoms with Gasteiger partial charge in [-0.15, -0.1) is 0 Å². The maximum Gasteiger partial charge on any atom is 0.0653 e. The summed E-state index contributed by atoms with van der Waals surface area (Å²) in [4.78, 5) is 0. The van der Waals surface area contributed by atoms with Crippen molar-refractivity contribution in [3.05, 3.63) is 12.2 Å². The Labute approximate surface area is 123 Å². The number of allylic oxidation sites excluding steroid dienone is 1. The molecule has 0 aromatic carbocycles. The lowest BCUT2D eigenvalue weighted by Gasteiger charge is -2.63. The lowest BCUT2D eigenvalue weighted by molar-refractivity contribution is -0.180. The average molecular weight is 274 g/mol. The van der Waals surface area contributed by atoms with E-state index < -0.39 is 5.60 Å². The van der Waals surface area contributed by atoms with E-state index in [0.717, 1.165) is 18.3 Å². The van der Waals surface area contributed by atoms with Gasteiger partial charge in [0.2, 0.25) is 0 Å². The number of aliphatic hydroxyl groups is 1. The minimum Gasteiger partial charge on any atom is -0.390 e. The summed E-state index contributed by atoms with van der Waals surface area (Å²) in [7, 11) is 0. The second kappa shape index (κ2) is 3.91. The van der Waals surface area contributed by atoms with Crippen LogP contribution in [0.2, 0.25) is 0 Å². The summed E-state index contributed by atoms with van der Waals surface area (Å²) >= 11 is 0. The molecule has 0 radical (unpaired) electrons. The molecule has 0 aromatic rings. The van der Waals surface area contributed by atoms with Crippen LogP contribution >= 0.6 is 0 Å². The van der Waals surface area contributed by atoms with Crippen molar-refractivity contribution in [2.45, 2.75) is 77.2 Å². The van der Waals surface area contributed by atoms with Crippen LogP contribution in [-0.4, -0.2) is 10.7 Å². The van der Waals surface area contributed by atoms with Crippen molar-refractivity contribution < 1.29 is 5.11 Å². The van der Waals surface area contributed by atoms with Gasteiger partial charge in [-0.1, -0.05) is 25.5 Å². The molecule has 4 aliphatic rings. The van der Waals surface area contributed by atoms with Crippen molar-refractivity contribution in [2.75, 3.05) is 0 Å². The van der Waals surface area contributed by atoms with Crippen molar-refractivity contribution in [3.8, 4) is 0 Å². The fraction of sp³-hybridized carbons (Fsp3) is 0.895. The van der Waals surface area contributed by atoms with Gasteiger partial charge in [-0.05, 0) is 86.9 Å². The quantitative estimate of drug-likeness (QED) is 0.635. The van der Waals surface area contributed by atoms with Gasteiger partial charge in [-0.2, -0.15) is 0 Å². The molecule has 2 bridgehead atoms. The molecule has 0 amide bonds. The van der Waals surface area contributed by atoms with E-state index in [1.807, 2.05) is 0 Å². The van der Waals surface area contributed by atoms with Crippen LogP contribution in [0.15, 0.2) is 12.2 Å². The van der Waals surface area contributed by atoms with Crippen molar-refractivity contribution in [3.63, 3.8) is 0 Å². The van der Waals surface area contributed by atoms with Gasteiger partial charge >= 0.3 is 0 Å². The molecule has 1 heteroatoms. The van der Waals surface area contributed by atoms with E-state index in [4.69, 9.17) is 0 Å². The third-order valence-electron chi connectivity index (χ3n) is 8.02. The highest BCUT2D eigenvalue weighted by atomic mass is 16.3. The molecule has 4 fully saturated rings. The molecular formula is C19H30O. The van der Waals surface area contributed by atoms with Crippen LogP contribution in [0.25, 0.3) is 0 Å². The largest absolute Gasteiger partial charge is 0.390 e. The van der Waals surface area contributed by atoms with Gasteiger partial charge in [0.15, 0.2) is 0 Å². The van der Waals surface area contributed by atoms with Crippen LogP contribution in [0, 0.1) is 28.6 Å². The van der Waals surface area contributed by atoms with Crippen LogP contribution in [0.3, 0.4) is 0 Å². The molecule has 0 aliphatic heterocycles. The first-order chi connectivity index (χ1) is 9.37. The number of rotatable bonds is 0. The van der Waals surface area contributed by atoms with Crippen LogP contribution in [-0.2, 0) is 0 Å². The summed E-state index contributed by atoms with van der Waals surface area (Å²) in [5.74, 6) is 2.20. The Morgan fingerprint density at radius 3 is 2.65 bits per heavy atom. The highest BCUT2D eigenvalue weighted by molar-refractivity contribution is 5.22. The Bertz CT molecular complexity index is 451. The summed E-state index contributed by atoms with van der Waals surface area (Å²) in [6.45, 7) is 9.03. The normalized spacial score (nSPS) is 58.1. The van der Waals surface area contributed by atoms with Gasteiger partial charge in [0, 0.05) is 0 Å². The number of fused-ring (bicyclic) bond motifs is 3. The van der Waals surface area contributed by atoms with E-state index >= 15 is 0 Å². The van der Waals surface area contributed by atoms with Crippen molar-refractivity contribution in [1.29, 1.82) is 0 Å². The zero-order valence-corrected chi connectivity index (χ0v) is 13.3. The average Bonchev–Trinajstić information content (AvgIpc) is 2.58. The van der Waals surface area contributed by atoms with Gasteiger partial charge in [0.25, 0.3) is 0 Å². The van der Waals surface area contributed by atoms with E-state index in [9.17, 15) is 5.11 Å². The predicted octanol–water partition coefficient (Wildman–Crippen LogP) is 4.70. The molecule has 4 rings (SSSR count). The van der Waals surface area contributed by atoms with Crippen molar-refractivity contribution in [1.82, 2.24) is 0 Å². The predicted molar refractivity (Wildman–Crippen MR) is 82.3 cm³/mol. The lowest BCUT2D eigenvalue weighted by atomic mass is 9.43. The summed E-state index contributed by atoms with van der Waals surface area (Å²) < 4.78 is 0. The van der Waals surface area contributed by atoms with Crippen LogP contribution in [0.1, 0.15) is 71.6 Å². The Morgan fingerprint density at radius 1 is 1.05 bits per heavy atom. The molecule has 0 saturated heterocycles. The maximum atomic E-state index is 10.9. The highest BCUT2D eigenvalue weighted by Crippen LogP contribution is 2.70. The summed E-state index contributed by atoms with van der Waals surface area (Å²) in [5.41, 5.74) is 2.09. The second-order valence-corrected chi connectivity index (χ2v) is 9.04. The van der Waals surface area contributed by atoms with Crippen molar-refractivity contribution in [2.24, 2.45) is 28.6 Å². The fourth-order valence-electron chi connectivity index (χ4n) is 7.32. The zero-order chi connectivity index (χ0) is 14.2. The van der Waals surface area contributed by atoms with E-state index in [2.05, 4.69) is 20.4 Å². The van der Waals surface area contributed by atoms with Crippen molar-refractivity contribution >= 4 is 0 Å². The molecular weight excluding hydrogens is 244 g/mol. The Hall–Kier alpha value is -0.300. The molecule has 0 heterocycles. The van der Waals surface area contributed by atoms with Gasteiger partial charge < -0.3 is 5.11 Å². The monoisotopic (exact) mass is 274 g/mol. The zero-order valence-electron chi connectivity index (χ0n) is 13.3. The maximum absolute atomic E-state index is 10.9. The number of hydrogen-bond acceptors (Lipinski definition) is 1. The van der Waals surface area contributed by atoms with Gasteiger partial charge in [0.1, 0.15) is 0 Å². The minimum absolute atomic E-state index is 0.385. The number of hydrogen-bond donors (Lipinski definition) is 1. The molecule has 0 aromatic heterocycles. The Balaban J connectivity index is 1.74. The van der Waals surface area contributed by atoms with E-state index in [1.165, 1.54) is 51.4 Å². The summed E-state index contributed by atoms with van der Waals surface area (Å²) in [6, 6.07) is 0. The van der Waals surface area contributed by atoms with Gasteiger partial charge in [-0.3, -0.25) is 0 Å². The Kier molecular flexibility index (Phi) is 2.61. The third-order valence-corrected chi connectivity index (χ3v) is 8.02. The smallest absolute Gasteiger partial charge is 0.0653 e. The van der Waals surface area contributed by atoms with Crippen LogP contribution in [0.5, 0.6) is 0 Å². The van der Waals surface area contributed by atoms with E-state index in [-0.39, 0.29) is 0 Å². The summed E-state index contributed by atoms with van der Waals surface area (Å²) in [6.07, 6.45) is 11.7. The first-order valence-electron chi connectivity index (χ1n) is 8.77. The van der Waals surface area contributed by atoms with Crippen LogP contribution in [0.4, 0.5) is 0 Å². The van der Waals surface area contributed by atoms with E-state index in [1.54, 1.807) is 5.57 Å². The first kappa shape index (κ1) is 13.4. The molecule has 20 heavy (non-hydrogen) atoms. The first-order valence-corrected chi connectivity index (χ1v) is 8.77. The molecule has 0 unspecified atom stereocenters. The van der Waals surface area contributed by atoms with Crippen LogP contribution < -0.4 is 0 Å². The van der Waals surface area contributed by atoms with Gasteiger partial charge in [0.05, 0.1) is 5.60 Å². The molecule has 1 spiro atoms. The highest BCUT2D eigenvalue weighted by Gasteiger charge is 2.63. The fourth-order valence-corrected chi connectivity index (χ4v) is 7.32. The lowest BCUT2D eigenvalue weighted by Crippen LogP contribution is -2.58.